The summed E-state index contributed by atoms with van der Waals surface area (Å²) in [5, 5.41) is 12.1. The number of aromatic carboxylic acids is 1. The fourth-order valence-electron chi connectivity index (χ4n) is 1.90. The first-order chi connectivity index (χ1) is 10.0. The van der Waals surface area contributed by atoms with E-state index in [2.05, 4.69) is 37.2 Å². The number of anilines is 1. The summed E-state index contributed by atoms with van der Waals surface area (Å²) in [7, 11) is 1.62. The summed E-state index contributed by atoms with van der Waals surface area (Å²) >= 11 is 6.91. The van der Waals surface area contributed by atoms with E-state index in [1.54, 1.807) is 31.4 Å². The number of ether oxygens (including phenoxy) is 1. The summed E-state index contributed by atoms with van der Waals surface area (Å²) in [4.78, 5) is 10.8. The van der Waals surface area contributed by atoms with Gasteiger partial charge in [-0.05, 0) is 52.3 Å². The van der Waals surface area contributed by atoms with Gasteiger partial charge in [0.15, 0.2) is 0 Å². The lowest BCUT2D eigenvalue weighted by Gasteiger charge is -2.13. The van der Waals surface area contributed by atoms with Gasteiger partial charge in [-0.15, -0.1) is 0 Å². The minimum atomic E-state index is -0.931. The van der Waals surface area contributed by atoms with Crippen LogP contribution >= 0.6 is 31.9 Å². The van der Waals surface area contributed by atoms with Crippen LogP contribution in [0.5, 0.6) is 5.75 Å². The molecule has 0 saturated carbocycles. The molecular weight excluding hydrogens is 402 g/mol. The molecule has 110 valence electrons. The number of hydrogen-bond donors (Lipinski definition) is 2. The number of carboxylic acid groups (broad SMARTS) is 1. The number of benzene rings is 2. The van der Waals surface area contributed by atoms with E-state index in [0.29, 0.717) is 6.54 Å². The van der Waals surface area contributed by atoms with E-state index in [4.69, 9.17) is 9.84 Å². The van der Waals surface area contributed by atoms with Crippen LogP contribution in [0.1, 0.15) is 15.9 Å². The minimum Gasteiger partial charge on any atom is -0.495 e. The summed E-state index contributed by atoms with van der Waals surface area (Å²) in [6.45, 7) is 0.563. The van der Waals surface area contributed by atoms with Crippen molar-refractivity contribution in [2.45, 2.75) is 6.54 Å². The van der Waals surface area contributed by atoms with Crippen molar-refractivity contribution in [2.75, 3.05) is 12.4 Å². The van der Waals surface area contributed by atoms with Crippen molar-refractivity contribution < 1.29 is 14.6 Å². The molecule has 2 aromatic rings. The van der Waals surface area contributed by atoms with E-state index in [9.17, 15) is 4.79 Å². The molecule has 0 radical (unpaired) electrons. The average molecular weight is 415 g/mol. The van der Waals surface area contributed by atoms with Gasteiger partial charge in [0.25, 0.3) is 0 Å². The van der Waals surface area contributed by atoms with Gasteiger partial charge in [-0.1, -0.05) is 15.9 Å². The standard InChI is InChI=1S/C15H13Br2NO3/c1-21-14-10(6-11(16)7-13(14)17)8-18-12-4-2-9(3-5-12)15(19)20/h2-7,18H,8H2,1H3,(H,19,20). The van der Waals surface area contributed by atoms with Gasteiger partial charge in [-0.25, -0.2) is 4.79 Å². The molecule has 2 aromatic carbocycles. The van der Waals surface area contributed by atoms with Gasteiger partial charge < -0.3 is 15.2 Å². The molecule has 0 bridgehead atoms. The molecule has 0 aliphatic heterocycles. The van der Waals surface area contributed by atoms with Crippen LogP contribution in [0.15, 0.2) is 45.3 Å². The molecule has 6 heteroatoms. The van der Waals surface area contributed by atoms with Crippen LogP contribution in [0, 0.1) is 0 Å². The molecule has 0 aliphatic carbocycles. The minimum absolute atomic E-state index is 0.267. The Morgan fingerprint density at radius 1 is 1.24 bits per heavy atom. The van der Waals surface area contributed by atoms with Crippen molar-refractivity contribution >= 4 is 43.5 Å². The highest BCUT2D eigenvalue weighted by atomic mass is 79.9. The number of nitrogens with one attached hydrogen (secondary N) is 1. The third-order valence-corrected chi connectivity index (χ3v) is 3.95. The number of halogens is 2. The fourth-order valence-corrected chi connectivity index (χ4v) is 3.38. The molecule has 0 aliphatic rings. The van der Waals surface area contributed by atoms with Gasteiger partial charge in [0.2, 0.25) is 0 Å². The Balaban J connectivity index is 2.14. The van der Waals surface area contributed by atoms with Gasteiger partial charge >= 0.3 is 5.97 Å². The van der Waals surface area contributed by atoms with E-state index in [-0.39, 0.29) is 5.56 Å². The molecule has 0 atom stereocenters. The third-order valence-electron chi connectivity index (χ3n) is 2.90. The second-order valence-corrected chi connectivity index (χ2v) is 6.09. The zero-order valence-corrected chi connectivity index (χ0v) is 14.4. The van der Waals surface area contributed by atoms with E-state index in [0.717, 1.165) is 25.9 Å². The van der Waals surface area contributed by atoms with E-state index in [1.807, 2.05) is 12.1 Å². The van der Waals surface area contributed by atoms with Crippen LogP contribution in [0.25, 0.3) is 0 Å². The number of carbonyl (C=O) groups is 1. The molecule has 2 rings (SSSR count). The second-order valence-electron chi connectivity index (χ2n) is 4.32. The molecule has 0 fully saturated rings. The van der Waals surface area contributed by atoms with E-state index >= 15 is 0 Å². The van der Waals surface area contributed by atoms with Gasteiger partial charge in [-0.3, -0.25) is 0 Å². The smallest absolute Gasteiger partial charge is 0.335 e. The Morgan fingerprint density at radius 2 is 1.90 bits per heavy atom. The molecular formula is C15H13Br2NO3. The Morgan fingerprint density at radius 3 is 2.48 bits per heavy atom. The topological polar surface area (TPSA) is 58.6 Å². The average Bonchev–Trinajstić information content (AvgIpc) is 2.45. The third kappa shape index (κ3) is 3.98. The Bertz CT molecular complexity index is 657. The highest BCUT2D eigenvalue weighted by Crippen LogP contribution is 2.33. The van der Waals surface area contributed by atoms with Crippen molar-refractivity contribution in [3.05, 3.63) is 56.5 Å². The predicted molar refractivity (Wildman–Crippen MR) is 89.1 cm³/mol. The second kappa shape index (κ2) is 6.95. The fraction of sp³-hybridized carbons (Fsp3) is 0.133. The number of hydrogen-bond acceptors (Lipinski definition) is 3. The van der Waals surface area contributed by atoms with Crippen LogP contribution in [-0.4, -0.2) is 18.2 Å². The lowest BCUT2D eigenvalue weighted by Crippen LogP contribution is -2.03. The Labute approximate surface area is 139 Å². The molecule has 0 spiro atoms. The van der Waals surface area contributed by atoms with Crippen LogP contribution in [0.4, 0.5) is 5.69 Å². The van der Waals surface area contributed by atoms with Crippen LogP contribution in [0.2, 0.25) is 0 Å². The summed E-state index contributed by atoms with van der Waals surface area (Å²) in [6.07, 6.45) is 0. The summed E-state index contributed by atoms with van der Waals surface area (Å²) in [6, 6.07) is 10.5. The summed E-state index contributed by atoms with van der Waals surface area (Å²) in [5.74, 6) is -0.160. The summed E-state index contributed by atoms with van der Waals surface area (Å²) in [5.41, 5.74) is 2.10. The van der Waals surface area contributed by atoms with E-state index in [1.165, 1.54) is 0 Å². The highest BCUT2D eigenvalue weighted by molar-refractivity contribution is 9.11. The van der Waals surface area contributed by atoms with Crippen LogP contribution in [0.3, 0.4) is 0 Å². The van der Waals surface area contributed by atoms with Crippen molar-refractivity contribution in [2.24, 2.45) is 0 Å². The zero-order chi connectivity index (χ0) is 15.4. The first-order valence-electron chi connectivity index (χ1n) is 6.10. The molecule has 0 amide bonds. The molecule has 21 heavy (non-hydrogen) atoms. The van der Waals surface area contributed by atoms with Crippen LogP contribution < -0.4 is 10.1 Å². The number of methoxy groups -OCH3 is 1. The number of rotatable bonds is 5. The SMILES string of the molecule is COc1c(Br)cc(Br)cc1CNc1ccc(C(=O)O)cc1. The molecule has 2 N–H and O–H groups in total. The largest absolute Gasteiger partial charge is 0.495 e. The van der Waals surface area contributed by atoms with Gasteiger partial charge in [-0.2, -0.15) is 0 Å². The molecule has 0 saturated heterocycles. The first kappa shape index (κ1) is 15.9. The Hall–Kier alpha value is -1.53. The predicted octanol–water partition coefficient (Wildman–Crippen LogP) is 4.53. The molecule has 0 heterocycles. The highest BCUT2D eigenvalue weighted by Gasteiger charge is 2.09. The van der Waals surface area contributed by atoms with Crippen LogP contribution in [-0.2, 0) is 6.54 Å². The normalized spacial score (nSPS) is 10.2. The van der Waals surface area contributed by atoms with Crippen molar-refractivity contribution in [3.63, 3.8) is 0 Å². The zero-order valence-electron chi connectivity index (χ0n) is 11.2. The maximum atomic E-state index is 10.8. The van der Waals surface area contributed by atoms with E-state index < -0.39 is 5.97 Å². The number of carboxylic acids is 1. The van der Waals surface area contributed by atoms with Gasteiger partial charge in [0.1, 0.15) is 5.75 Å². The van der Waals surface area contributed by atoms with Crippen molar-refractivity contribution in [3.8, 4) is 5.75 Å². The van der Waals surface area contributed by atoms with Crippen molar-refractivity contribution in [1.82, 2.24) is 0 Å². The maximum absolute atomic E-state index is 10.8. The first-order valence-corrected chi connectivity index (χ1v) is 7.69. The maximum Gasteiger partial charge on any atom is 0.335 e. The molecule has 0 unspecified atom stereocenters. The van der Waals surface area contributed by atoms with Crippen molar-refractivity contribution in [1.29, 1.82) is 0 Å². The lowest BCUT2D eigenvalue weighted by atomic mass is 10.1. The quantitative estimate of drug-likeness (QED) is 0.754. The van der Waals surface area contributed by atoms with Gasteiger partial charge in [0, 0.05) is 22.3 Å². The monoisotopic (exact) mass is 413 g/mol. The van der Waals surface area contributed by atoms with Gasteiger partial charge in [0.05, 0.1) is 17.1 Å². The lowest BCUT2D eigenvalue weighted by molar-refractivity contribution is 0.0697. The summed E-state index contributed by atoms with van der Waals surface area (Å²) < 4.78 is 7.21. The molecule has 0 aromatic heterocycles. The Kier molecular flexibility index (Phi) is 5.25. The molecule has 4 nitrogen and oxygen atoms in total.